The molecule has 5 aromatic carbocycles. The van der Waals surface area contributed by atoms with Crippen LogP contribution in [0.25, 0.3) is 60.0 Å². The Morgan fingerprint density at radius 1 is 0.545 bits per heavy atom. The molecule has 1 heteroatoms. The summed E-state index contributed by atoms with van der Waals surface area (Å²) in [5.41, 5.74) is 7.97. The van der Waals surface area contributed by atoms with Crippen molar-refractivity contribution in [3.8, 4) is 11.1 Å². The molecular weight excluding hydrogens is 398 g/mol. The molecule has 0 saturated heterocycles. The van der Waals surface area contributed by atoms with Crippen molar-refractivity contribution in [2.75, 3.05) is 0 Å². The molecule has 0 radical (unpaired) electrons. The molecule has 0 bridgehead atoms. The molecule has 33 heavy (non-hydrogen) atoms. The lowest BCUT2D eigenvalue weighted by atomic mass is 9.86. The maximum absolute atomic E-state index is 2.47. The lowest BCUT2D eigenvalue weighted by Crippen LogP contribution is -2.10. The van der Waals surface area contributed by atoms with Crippen LogP contribution >= 0.6 is 0 Å². The lowest BCUT2D eigenvalue weighted by molar-refractivity contribution is 0.590. The third-order valence-corrected chi connectivity index (χ3v) is 7.27. The van der Waals surface area contributed by atoms with E-state index in [0.717, 1.165) is 0 Å². The first-order valence-electron chi connectivity index (χ1n) is 11.7. The van der Waals surface area contributed by atoms with Crippen molar-refractivity contribution in [2.24, 2.45) is 0 Å². The number of hydrogen-bond donors (Lipinski definition) is 0. The van der Waals surface area contributed by atoms with Crippen molar-refractivity contribution >= 4 is 48.9 Å². The minimum Gasteiger partial charge on any atom is -0.308 e. The maximum Gasteiger partial charge on any atom is 0.0626 e. The summed E-state index contributed by atoms with van der Waals surface area (Å²) < 4.78 is 2.47. The van der Waals surface area contributed by atoms with E-state index in [9.17, 15) is 0 Å². The molecule has 0 unspecified atom stereocenters. The number of para-hydroxylation sites is 1. The van der Waals surface area contributed by atoms with Crippen molar-refractivity contribution in [2.45, 2.75) is 26.2 Å². The van der Waals surface area contributed by atoms with E-state index >= 15 is 0 Å². The summed E-state index contributed by atoms with van der Waals surface area (Å²) in [6.45, 7) is 6.80. The topological polar surface area (TPSA) is 4.41 Å². The molecule has 0 aliphatic heterocycles. The van der Waals surface area contributed by atoms with Crippen LogP contribution in [0.4, 0.5) is 0 Å². The molecule has 2 aromatic heterocycles. The van der Waals surface area contributed by atoms with Gasteiger partial charge in [0.1, 0.15) is 0 Å². The Morgan fingerprint density at radius 2 is 1.21 bits per heavy atom. The monoisotopic (exact) mass is 423 g/mol. The standard InChI is InChI=1S/C32H25N/c1-32(2,3)23-15-12-20(13-16-23)21-14-17-29-27(18-21)30-24-9-5-4-8-22(24)19-26-25-10-6-7-11-28(25)33(29)31(26)30/h4-19H,1-3H3. The van der Waals surface area contributed by atoms with Gasteiger partial charge in [0.05, 0.1) is 16.6 Å². The van der Waals surface area contributed by atoms with Gasteiger partial charge in [0.2, 0.25) is 0 Å². The molecule has 7 rings (SSSR count). The molecule has 0 N–H and O–H groups in total. The van der Waals surface area contributed by atoms with Crippen LogP contribution in [0.15, 0.2) is 97.1 Å². The predicted molar refractivity (Wildman–Crippen MR) is 143 cm³/mol. The van der Waals surface area contributed by atoms with Gasteiger partial charge in [0, 0.05) is 21.5 Å². The second kappa shape index (κ2) is 6.36. The lowest BCUT2D eigenvalue weighted by Gasteiger charge is -2.19. The van der Waals surface area contributed by atoms with Crippen molar-refractivity contribution in [3.63, 3.8) is 0 Å². The molecule has 1 nitrogen and oxygen atoms in total. The summed E-state index contributed by atoms with van der Waals surface area (Å²) in [5, 5.41) is 7.99. The van der Waals surface area contributed by atoms with Gasteiger partial charge >= 0.3 is 0 Å². The summed E-state index contributed by atoms with van der Waals surface area (Å²) in [5.74, 6) is 0. The molecule has 158 valence electrons. The highest BCUT2D eigenvalue weighted by molar-refractivity contribution is 6.31. The van der Waals surface area contributed by atoms with Crippen molar-refractivity contribution in [1.29, 1.82) is 0 Å². The fraction of sp³-hybridized carbons (Fsp3) is 0.125. The van der Waals surface area contributed by atoms with E-state index < -0.39 is 0 Å². The van der Waals surface area contributed by atoms with E-state index in [0.29, 0.717) is 0 Å². The SMILES string of the molecule is CC(C)(C)c1ccc(-c2ccc3c(c2)c2c4ccccc4cc4c5ccccc5n3c42)cc1. The quantitative estimate of drug-likeness (QED) is 0.248. The fourth-order valence-electron chi connectivity index (χ4n) is 5.59. The van der Waals surface area contributed by atoms with Crippen LogP contribution in [0, 0.1) is 0 Å². The average Bonchev–Trinajstić information content (AvgIpc) is 3.34. The Hall–Kier alpha value is -3.84. The minimum absolute atomic E-state index is 0.162. The number of fused-ring (bicyclic) bond motifs is 8. The average molecular weight is 424 g/mol. The van der Waals surface area contributed by atoms with Gasteiger partial charge in [-0.1, -0.05) is 93.6 Å². The van der Waals surface area contributed by atoms with Gasteiger partial charge in [-0.15, -0.1) is 0 Å². The second-order valence-corrected chi connectivity index (χ2v) is 10.3. The molecule has 7 aromatic rings. The molecule has 0 amide bonds. The fourth-order valence-corrected chi connectivity index (χ4v) is 5.59. The smallest absolute Gasteiger partial charge is 0.0626 e. The van der Waals surface area contributed by atoms with Gasteiger partial charge in [0.25, 0.3) is 0 Å². The molecule has 0 saturated carbocycles. The van der Waals surface area contributed by atoms with E-state index in [1.807, 2.05) is 0 Å². The molecule has 2 heterocycles. The number of benzene rings is 5. The third-order valence-electron chi connectivity index (χ3n) is 7.27. The highest BCUT2D eigenvalue weighted by atomic mass is 14.9. The maximum atomic E-state index is 2.47. The predicted octanol–water partition coefficient (Wildman–Crippen LogP) is 8.95. The first-order chi connectivity index (χ1) is 16.0. The Bertz CT molecular complexity index is 1830. The van der Waals surface area contributed by atoms with Crippen molar-refractivity contribution < 1.29 is 0 Å². The van der Waals surface area contributed by atoms with Crippen LogP contribution in [0.2, 0.25) is 0 Å². The summed E-state index contributed by atoms with van der Waals surface area (Å²) in [7, 11) is 0. The normalized spacial score (nSPS) is 12.7. The van der Waals surface area contributed by atoms with Crippen LogP contribution < -0.4 is 0 Å². The molecule has 0 fully saturated rings. The molecular formula is C32H25N. The summed E-state index contributed by atoms with van der Waals surface area (Å²) in [4.78, 5) is 0. The van der Waals surface area contributed by atoms with E-state index in [4.69, 9.17) is 0 Å². The molecule has 0 atom stereocenters. The third kappa shape index (κ3) is 2.54. The van der Waals surface area contributed by atoms with Crippen molar-refractivity contribution in [1.82, 2.24) is 4.40 Å². The Balaban J connectivity index is 1.60. The van der Waals surface area contributed by atoms with Crippen LogP contribution in [0.3, 0.4) is 0 Å². The summed E-state index contributed by atoms with van der Waals surface area (Å²) >= 11 is 0. The second-order valence-electron chi connectivity index (χ2n) is 10.3. The summed E-state index contributed by atoms with van der Waals surface area (Å²) in [6.07, 6.45) is 0. The van der Waals surface area contributed by atoms with Gasteiger partial charge in [-0.25, -0.2) is 0 Å². The zero-order chi connectivity index (χ0) is 22.3. The van der Waals surface area contributed by atoms with Gasteiger partial charge in [-0.3, -0.25) is 0 Å². The zero-order valence-electron chi connectivity index (χ0n) is 19.2. The molecule has 0 aliphatic carbocycles. The van der Waals surface area contributed by atoms with Crippen LogP contribution in [0.5, 0.6) is 0 Å². The number of nitrogens with zero attached hydrogens (tertiary/aromatic N) is 1. The minimum atomic E-state index is 0.162. The first-order valence-corrected chi connectivity index (χ1v) is 11.7. The van der Waals surface area contributed by atoms with E-state index in [1.54, 1.807) is 0 Å². The summed E-state index contributed by atoms with van der Waals surface area (Å²) in [6, 6.07) is 36.0. The van der Waals surface area contributed by atoms with Crippen LogP contribution in [-0.2, 0) is 5.41 Å². The van der Waals surface area contributed by atoms with E-state index in [2.05, 4.69) is 122 Å². The first kappa shape index (κ1) is 18.7. The van der Waals surface area contributed by atoms with Gasteiger partial charge in [-0.2, -0.15) is 0 Å². The zero-order valence-corrected chi connectivity index (χ0v) is 19.2. The Morgan fingerprint density at radius 3 is 2.00 bits per heavy atom. The van der Waals surface area contributed by atoms with Crippen LogP contribution in [-0.4, -0.2) is 4.40 Å². The van der Waals surface area contributed by atoms with Crippen LogP contribution in [0.1, 0.15) is 26.3 Å². The van der Waals surface area contributed by atoms with Gasteiger partial charge in [0.15, 0.2) is 0 Å². The van der Waals surface area contributed by atoms with Crippen molar-refractivity contribution in [3.05, 3.63) is 103 Å². The van der Waals surface area contributed by atoms with E-state index in [-0.39, 0.29) is 5.41 Å². The number of aromatic nitrogens is 1. The largest absolute Gasteiger partial charge is 0.308 e. The number of hydrogen-bond acceptors (Lipinski definition) is 0. The molecule has 0 spiro atoms. The highest BCUT2D eigenvalue weighted by Gasteiger charge is 2.20. The Labute approximate surface area is 193 Å². The van der Waals surface area contributed by atoms with Gasteiger partial charge in [-0.05, 0) is 57.1 Å². The highest BCUT2D eigenvalue weighted by Crippen LogP contribution is 2.43. The molecule has 0 aliphatic rings. The number of rotatable bonds is 1. The van der Waals surface area contributed by atoms with E-state index in [1.165, 1.54) is 65.6 Å². The Kier molecular flexibility index (Phi) is 3.60. The van der Waals surface area contributed by atoms with Gasteiger partial charge < -0.3 is 4.40 Å².